The van der Waals surface area contributed by atoms with E-state index >= 15 is 0 Å². The lowest BCUT2D eigenvalue weighted by Gasteiger charge is -2.26. The Morgan fingerprint density at radius 2 is 2.00 bits per heavy atom. The van der Waals surface area contributed by atoms with Crippen LogP contribution >= 0.6 is 0 Å². The second-order valence-corrected chi connectivity index (χ2v) is 5.39. The summed E-state index contributed by atoms with van der Waals surface area (Å²) >= 11 is 0. The number of rotatable bonds is 7. The van der Waals surface area contributed by atoms with E-state index in [0.29, 0.717) is 0 Å². The van der Waals surface area contributed by atoms with Crippen LogP contribution in [0.3, 0.4) is 0 Å². The van der Waals surface area contributed by atoms with Gasteiger partial charge in [0.15, 0.2) is 0 Å². The van der Waals surface area contributed by atoms with E-state index in [1.807, 2.05) is 0 Å². The molecule has 1 aliphatic heterocycles. The normalized spacial score (nSPS) is 17.4. The minimum atomic E-state index is 0.895. The average Bonchev–Trinajstić information content (AvgIpc) is 2.49. The Morgan fingerprint density at radius 1 is 1.25 bits per heavy atom. The van der Waals surface area contributed by atoms with E-state index in [4.69, 9.17) is 4.74 Å². The molecule has 1 heterocycles. The van der Waals surface area contributed by atoms with Gasteiger partial charge < -0.3 is 10.1 Å². The van der Waals surface area contributed by atoms with Gasteiger partial charge in [-0.25, -0.2) is 0 Å². The molecule has 3 heteroatoms. The van der Waals surface area contributed by atoms with Gasteiger partial charge in [0.2, 0.25) is 0 Å². The van der Waals surface area contributed by atoms with Crippen LogP contribution in [0.15, 0.2) is 35.9 Å². The van der Waals surface area contributed by atoms with E-state index in [1.165, 1.54) is 24.1 Å². The van der Waals surface area contributed by atoms with Crippen molar-refractivity contribution in [2.24, 2.45) is 0 Å². The minimum absolute atomic E-state index is 0.895. The van der Waals surface area contributed by atoms with Crippen molar-refractivity contribution in [2.45, 2.75) is 13.3 Å². The number of benzene rings is 1. The van der Waals surface area contributed by atoms with Crippen molar-refractivity contribution in [1.29, 1.82) is 0 Å². The zero-order chi connectivity index (χ0) is 14.0. The van der Waals surface area contributed by atoms with Crippen LogP contribution in [0.5, 0.6) is 0 Å². The van der Waals surface area contributed by atoms with Crippen molar-refractivity contribution >= 4 is 6.08 Å². The van der Waals surface area contributed by atoms with E-state index in [9.17, 15) is 0 Å². The Morgan fingerprint density at radius 3 is 2.75 bits per heavy atom. The van der Waals surface area contributed by atoms with Gasteiger partial charge in [0, 0.05) is 19.6 Å². The van der Waals surface area contributed by atoms with Crippen LogP contribution < -0.4 is 5.32 Å². The lowest BCUT2D eigenvalue weighted by Crippen LogP contribution is -2.37. The fourth-order valence-corrected chi connectivity index (χ4v) is 2.42. The lowest BCUT2D eigenvalue weighted by molar-refractivity contribution is 0.0375. The van der Waals surface area contributed by atoms with Crippen molar-refractivity contribution in [3.05, 3.63) is 41.5 Å². The van der Waals surface area contributed by atoms with E-state index in [1.54, 1.807) is 0 Å². The molecule has 1 N–H and O–H groups in total. The molecule has 0 atom stereocenters. The van der Waals surface area contributed by atoms with E-state index < -0.39 is 0 Å². The summed E-state index contributed by atoms with van der Waals surface area (Å²) in [6, 6.07) is 10.5. The third kappa shape index (κ3) is 5.87. The van der Waals surface area contributed by atoms with Crippen LogP contribution in [-0.2, 0) is 4.74 Å². The first-order chi connectivity index (χ1) is 9.84. The number of morpholine rings is 1. The van der Waals surface area contributed by atoms with Crippen LogP contribution in [0.25, 0.3) is 6.08 Å². The highest BCUT2D eigenvalue weighted by Crippen LogP contribution is 2.05. The summed E-state index contributed by atoms with van der Waals surface area (Å²) in [4.78, 5) is 2.48. The predicted octanol–water partition coefficient (Wildman–Crippen LogP) is 2.40. The van der Waals surface area contributed by atoms with Crippen LogP contribution in [-0.4, -0.2) is 50.8 Å². The monoisotopic (exact) mass is 274 g/mol. The van der Waals surface area contributed by atoms with Gasteiger partial charge in [0.05, 0.1) is 13.2 Å². The molecule has 1 aromatic rings. The van der Waals surface area contributed by atoms with Crippen LogP contribution in [0.2, 0.25) is 0 Å². The van der Waals surface area contributed by atoms with Gasteiger partial charge in [-0.2, -0.15) is 0 Å². The zero-order valence-corrected chi connectivity index (χ0v) is 12.5. The lowest BCUT2D eigenvalue weighted by atomic mass is 10.1. The summed E-state index contributed by atoms with van der Waals surface area (Å²) in [5.41, 5.74) is 2.66. The molecular formula is C17H26N2O. The molecule has 0 spiro atoms. The molecule has 110 valence electrons. The SMILES string of the molecule is C/C(=C/c1ccccc1)CNCCCN1CCOCC1. The Bertz CT molecular complexity index is 397. The fraction of sp³-hybridized carbons (Fsp3) is 0.529. The minimum Gasteiger partial charge on any atom is -0.379 e. The molecule has 0 unspecified atom stereocenters. The topological polar surface area (TPSA) is 24.5 Å². The van der Waals surface area contributed by atoms with Crippen molar-refractivity contribution in [2.75, 3.05) is 45.9 Å². The summed E-state index contributed by atoms with van der Waals surface area (Å²) in [7, 11) is 0. The van der Waals surface area contributed by atoms with E-state index in [-0.39, 0.29) is 0 Å². The summed E-state index contributed by atoms with van der Waals surface area (Å²) in [6.45, 7) is 9.38. The van der Waals surface area contributed by atoms with Crippen LogP contribution in [0.1, 0.15) is 18.9 Å². The smallest absolute Gasteiger partial charge is 0.0594 e. The van der Waals surface area contributed by atoms with Gasteiger partial charge in [-0.3, -0.25) is 4.90 Å². The number of nitrogens with zero attached hydrogens (tertiary/aromatic N) is 1. The van der Waals surface area contributed by atoms with Gasteiger partial charge >= 0.3 is 0 Å². The molecule has 0 radical (unpaired) electrons. The molecule has 2 rings (SSSR count). The first kappa shape index (κ1) is 15.2. The van der Waals surface area contributed by atoms with Gasteiger partial charge in [-0.1, -0.05) is 42.0 Å². The maximum Gasteiger partial charge on any atom is 0.0594 e. The van der Waals surface area contributed by atoms with E-state index in [0.717, 1.165) is 39.4 Å². The second-order valence-electron chi connectivity index (χ2n) is 5.39. The van der Waals surface area contributed by atoms with Crippen molar-refractivity contribution < 1.29 is 4.74 Å². The maximum atomic E-state index is 5.35. The molecule has 0 bridgehead atoms. The standard InChI is InChI=1S/C17H26N2O/c1-16(14-17-6-3-2-4-7-17)15-18-8-5-9-19-10-12-20-13-11-19/h2-4,6-7,14,18H,5,8-13,15H2,1H3/b16-14-. The van der Waals surface area contributed by atoms with Crippen LogP contribution in [0.4, 0.5) is 0 Å². The third-order valence-electron chi connectivity index (χ3n) is 3.55. The summed E-state index contributed by atoms with van der Waals surface area (Å²) in [5.74, 6) is 0. The number of ether oxygens (including phenoxy) is 1. The van der Waals surface area contributed by atoms with Crippen molar-refractivity contribution in [3.8, 4) is 0 Å². The first-order valence-electron chi connectivity index (χ1n) is 7.57. The maximum absolute atomic E-state index is 5.35. The molecule has 0 aliphatic carbocycles. The molecule has 20 heavy (non-hydrogen) atoms. The van der Waals surface area contributed by atoms with Gasteiger partial charge in [0.25, 0.3) is 0 Å². The fourth-order valence-electron chi connectivity index (χ4n) is 2.42. The Hall–Kier alpha value is -1.16. The Kier molecular flexibility index (Phi) is 6.78. The van der Waals surface area contributed by atoms with Crippen molar-refractivity contribution in [3.63, 3.8) is 0 Å². The quantitative estimate of drug-likeness (QED) is 0.773. The molecule has 0 saturated carbocycles. The molecule has 1 aliphatic rings. The highest BCUT2D eigenvalue weighted by Gasteiger charge is 2.08. The summed E-state index contributed by atoms with van der Waals surface area (Å²) < 4.78 is 5.35. The third-order valence-corrected chi connectivity index (χ3v) is 3.55. The molecular weight excluding hydrogens is 248 g/mol. The number of nitrogens with one attached hydrogen (secondary N) is 1. The largest absolute Gasteiger partial charge is 0.379 e. The van der Waals surface area contributed by atoms with Gasteiger partial charge in [-0.05, 0) is 32.0 Å². The highest BCUT2D eigenvalue weighted by atomic mass is 16.5. The molecule has 0 aromatic heterocycles. The second kappa shape index (κ2) is 8.90. The molecule has 3 nitrogen and oxygen atoms in total. The average molecular weight is 274 g/mol. The zero-order valence-electron chi connectivity index (χ0n) is 12.5. The van der Waals surface area contributed by atoms with Gasteiger partial charge in [-0.15, -0.1) is 0 Å². The first-order valence-corrected chi connectivity index (χ1v) is 7.57. The van der Waals surface area contributed by atoms with Crippen molar-refractivity contribution in [1.82, 2.24) is 10.2 Å². The predicted molar refractivity (Wildman–Crippen MR) is 84.8 cm³/mol. The summed E-state index contributed by atoms with van der Waals surface area (Å²) in [5, 5.41) is 3.52. The Labute approximate surface area is 122 Å². The molecule has 1 fully saturated rings. The molecule has 0 amide bonds. The number of hydrogen-bond donors (Lipinski definition) is 1. The summed E-state index contributed by atoms with van der Waals surface area (Å²) in [6.07, 6.45) is 3.45. The Balaban J connectivity index is 1.57. The molecule has 1 aromatic carbocycles. The molecule has 1 saturated heterocycles. The highest BCUT2D eigenvalue weighted by molar-refractivity contribution is 5.52. The van der Waals surface area contributed by atoms with Gasteiger partial charge in [0.1, 0.15) is 0 Å². The number of hydrogen-bond acceptors (Lipinski definition) is 3. The van der Waals surface area contributed by atoms with E-state index in [2.05, 4.69) is 53.5 Å². The van der Waals surface area contributed by atoms with Crippen LogP contribution in [0, 0.1) is 0 Å².